The number of hydrogen-bond donors (Lipinski definition) is 4. The van der Waals surface area contributed by atoms with E-state index < -0.39 is 57.6 Å². The normalized spacial score (nSPS) is 13.7. The highest BCUT2D eigenvalue weighted by Gasteiger charge is 2.28. The van der Waals surface area contributed by atoms with Crippen LogP contribution in [0.25, 0.3) is 0 Å². The van der Waals surface area contributed by atoms with E-state index >= 15 is 0 Å². The van der Waals surface area contributed by atoms with E-state index in [9.17, 15) is 34.1 Å². The SMILES string of the molecule is CCCCCCCCCCCCCCCCCCCCCC(=O)OCC(O)COP(=O)(O)OCC(NC(=O)CCCCCCCCCCCCC)C(=O)O. The Balaban J connectivity index is 3.82. The molecule has 0 saturated carbocycles. The molecular weight excluding hydrogens is 709 g/mol. The zero-order chi connectivity index (χ0) is 40.0. The molecule has 12 heteroatoms. The Kier molecular flexibility index (Phi) is 37.3. The minimum absolute atomic E-state index is 0.151. The van der Waals surface area contributed by atoms with E-state index in [0.29, 0.717) is 12.8 Å². The molecule has 0 rings (SSSR count). The molecular formula is C42H82NO10P. The van der Waals surface area contributed by atoms with E-state index in [1.54, 1.807) is 0 Å². The van der Waals surface area contributed by atoms with Gasteiger partial charge in [0.1, 0.15) is 12.7 Å². The van der Waals surface area contributed by atoms with Gasteiger partial charge in [-0.1, -0.05) is 194 Å². The smallest absolute Gasteiger partial charge is 0.472 e. The number of aliphatic carboxylic acids is 1. The maximum Gasteiger partial charge on any atom is 0.472 e. The Bertz CT molecular complexity index is 937. The number of ether oxygens (including phenoxy) is 1. The molecule has 3 unspecified atom stereocenters. The fourth-order valence-corrected chi connectivity index (χ4v) is 7.21. The minimum Gasteiger partial charge on any atom is -0.480 e. The third kappa shape index (κ3) is 37.4. The number of nitrogens with one attached hydrogen (secondary N) is 1. The number of hydrogen-bond acceptors (Lipinski definition) is 8. The van der Waals surface area contributed by atoms with Crippen LogP contribution in [0.5, 0.6) is 0 Å². The number of phosphoric acid groups is 1. The van der Waals surface area contributed by atoms with Crippen LogP contribution in [0, 0.1) is 0 Å². The predicted molar refractivity (Wildman–Crippen MR) is 217 cm³/mol. The lowest BCUT2D eigenvalue weighted by atomic mass is 10.0. The quantitative estimate of drug-likeness (QED) is 0.0265. The number of carbonyl (C=O) groups excluding carboxylic acids is 2. The Morgan fingerprint density at radius 1 is 0.519 bits per heavy atom. The molecule has 0 aromatic rings. The van der Waals surface area contributed by atoms with Crippen molar-refractivity contribution in [1.29, 1.82) is 0 Å². The van der Waals surface area contributed by atoms with E-state index in [0.717, 1.165) is 38.5 Å². The Morgan fingerprint density at radius 2 is 0.852 bits per heavy atom. The lowest BCUT2D eigenvalue weighted by Crippen LogP contribution is -2.43. The van der Waals surface area contributed by atoms with Gasteiger partial charge in [0.2, 0.25) is 5.91 Å². The number of esters is 1. The molecule has 0 aliphatic rings. The lowest BCUT2D eigenvalue weighted by molar-refractivity contribution is -0.147. The van der Waals surface area contributed by atoms with E-state index in [-0.39, 0.29) is 12.8 Å². The molecule has 0 aromatic carbocycles. The van der Waals surface area contributed by atoms with Gasteiger partial charge >= 0.3 is 19.8 Å². The summed E-state index contributed by atoms with van der Waals surface area (Å²) in [5.41, 5.74) is 0. The molecule has 0 bridgehead atoms. The van der Waals surface area contributed by atoms with Crippen molar-refractivity contribution in [2.24, 2.45) is 0 Å². The maximum atomic E-state index is 12.2. The molecule has 0 aromatic heterocycles. The van der Waals surface area contributed by atoms with Crippen LogP contribution in [-0.4, -0.2) is 64.9 Å². The standard InChI is InChI=1S/C42H82NO10P/c1-3-5-7-9-11-13-15-16-17-18-19-20-21-22-24-26-28-30-32-34-41(46)51-35-38(44)36-52-54(49,50)53-37-39(42(47)48)43-40(45)33-31-29-27-25-23-14-12-10-8-6-4-2/h38-39,44H,3-37H2,1-2H3,(H,43,45)(H,47,48)(H,49,50). The largest absolute Gasteiger partial charge is 0.480 e. The fraction of sp³-hybridized carbons (Fsp3) is 0.929. The molecule has 0 spiro atoms. The van der Waals surface area contributed by atoms with Crippen LogP contribution in [-0.2, 0) is 32.7 Å². The van der Waals surface area contributed by atoms with Gasteiger partial charge in [0, 0.05) is 12.8 Å². The van der Waals surface area contributed by atoms with Crippen LogP contribution in [0.3, 0.4) is 0 Å². The number of phosphoric ester groups is 1. The van der Waals surface area contributed by atoms with E-state index in [4.69, 9.17) is 13.8 Å². The van der Waals surface area contributed by atoms with E-state index in [1.165, 1.54) is 141 Å². The number of carbonyl (C=O) groups is 3. The molecule has 320 valence electrons. The summed E-state index contributed by atoms with van der Waals surface area (Å²) >= 11 is 0. The first-order valence-electron chi connectivity index (χ1n) is 22.1. The van der Waals surface area contributed by atoms with Crippen LogP contribution in [0.1, 0.15) is 219 Å². The van der Waals surface area contributed by atoms with Crippen molar-refractivity contribution in [2.45, 2.75) is 231 Å². The minimum atomic E-state index is -4.74. The molecule has 0 radical (unpaired) electrons. The Labute approximate surface area is 329 Å². The predicted octanol–water partition coefficient (Wildman–Crippen LogP) is 11.1. The van der Waals surface area contributed by atoms with Crippen molar-refractivity contribution in [2.75, 3.05) is 19.8 Å². The van der Waals surface area contributed by atoms with Gasteiger partial charge in [0.25, 0.3) is 0 Å². The highest BCUT2D eigenvalue weighted by molar-refractivity contribution is 7.47. The zero-order valence-corrected chi connectivity index (χ0v) is 35.4. The summed E-state index contributed by atoms with van der Waals surface area (Å²) in [5, 5.41) is 21.8. The molecule has 54 heavy (non-hydrogen) atoms. The van der Waals surface area contributed by atoms with Crippen LogP contribution in [0.4, 0.5) is 0 Å². The summed E-state index contributed by atoms with van der Waals surface area (Å²) in [7, 11) is -4.74. The summed E-state index contributed by atoms with van der Waals surface area (Å²) in [5.74, 6) is -2.36. The van der Waals surface area contributed by atoms with Gasteiger partial charge in [-0.25, -0.2) is 9.36 Å². The summed E-state index contributed by atoms with van der Waals surface area (Å²) in [6.45, 7) is 2.60. The molecule has 4 N–H and O–H groups in total. The average Bonchev–Trinajstić information content (AvgIpc) is 3.14. The summed E-state index contributed by atoms with van der Waals surface area (Å²) in [6.07, 6.45) is 35.6. The maximum absolute atomic E-state index is 12.2. The van der Waals surface area contributed by atoms with Gasteiger partial charge in [0.05, 0.1) is 13.2 Å². The third-order valence-corrected chi connectivity index (χ3v) is 10.8. The van der Waals surface area contributed by atoms with Crippen molar-refractivity contribution in [1.82, 2.24) is 5.32 Å². The molecule has 11 nitrogen and oxygen atoms in total. The fourth-order valence-electron chi connectivity index (χ4n) is 6.43. The number of aliphatic hydroxyl groups excluding tert-OH is 1. The lowest BCUT2D eigenvalue weighted by Gasteiger charge is -2.18. The van der Waals surface area contributed by atoms with Crippen LogP contribution >= 0.6 is 7.82 Å². The molecule has 0 aliphatic heterocycles. The topological polar surface area (TPSA) is 169 Å². The average molecular weight is 792 g/mol. The monoisotopic (exact) mass is 792 g/mol. The van der Waals surface area contributed by atoms with Gasteiger partial charge in [-0.3, -0.25) is 18.6 Å². The summed E-state index contributed by atoms with van der Waals surface area (Å²) in [6, 6.07) is -1.54. The Morgan fingerprint density at radius 3 is 1.22 bits per heavy atom. The number of unbranched alkanes of at least 4 members (excludes halogenated alkanes) is 28. The number of rotatable bonds is 42. The molecule has 0 heterocycles. The number of carboxylic acids is 1. The summed E-state index contributed by atoms with van der Waals surface area (Å²) in [4.78, 5) is 45.8. The number of amides is 1. The number of carboxylic acid groups (broad SMARTS) is 1. The van der Waals surface area contributed by atoms with Crippen LogP contribution < -0.4 is 5.32 Å². The van der Waals surface area contributed by atoms with Crippen molar-refractivity contribution in [3.8, 4) is 0 Å². The molecule has 0 saturated heterocycles. The van der Waals surface area contributed by atoms with Gasteiger partial charge in [-0.2, -0.15) is 0 Å². The van der Waals surface area contributed by atoms with Gasteiger partial charge < -0.3 is 25.2 Å². The second-order valence-electron chi connectivity index (χ2n) is 15.3. The molecule has 3 atom stereocenters. The van der Waals surface area contributed by atoms with E-state index in [1.807, 2.05) is 0 Å². The molecule has 0 aliphatic carbocycles. The first-order chi connectivity index (χ1) is 26.1. The van der Waals surface area contributed by atoms with Crippen molar-refractivity contribution in [3.63, 3.8) is 0 Å². The molecule has 0 fully saturated rings. The first kappa shape index (κ1) is 52.5. The van der Waals surface area contributed by atoms with Gasteiger partial charge in [0.15, 0.2) is 6.04 Å². The number of aliphatic hydroxyl groups is 1. The van der Waals surface area contributed by atoms with Gasteiger partial charge in [-0.15, -0.1) is 0 Å². The van der Waals surface area contributed by atoms with Crippen molar-refractivity contribution >= 4 is 25.7 Å². The highest BCUT2D eigenvalue weighted by atomic mass is 31.2. The van der Waals surface area contributed by atoms with E-state index in [2.05, 4.69) is 19.2 Å². The zero-order valence-electron chi connectivity index (χ0n) is 34.6. The van der Waals surface area contributed by atoms with Crippen molar-refractivity contribution in [3.05, 3.63) is 0 Å². The summed E-state index contributed by atoms with van der Waals surface area (Å²) < 4.78 is 26.8. The van der Waals surface area contributed by atoms with Gasteiger partial charge in [-0.05, 0) is 12.8 Å². The molecule has 1 amide bonds. The Hall–Kier alpha value is -1.52. The first-order valence-corrected chi connectivity index (χ1v) is 23.6. The highest BCUT2D eigenvalue weighted by Crippen LogP contribution is 2.43. The third-order valence-electron chi connectivity index (χ3n) is 9.90. The second kappa shape index (κ2) is 38.4. The van der Waals surface area contributed by atoms with Crippen molar-refractivity contribution < 1.29 is 47.8 Å². The van der Waals surface area contributed by atoms with Crippen LogP contribution in [0.15, 0.2) is 0 Å². The second-order valence-corrected chi connectivity index (χ2v) is 16.7. The van der Waals surface area contributed by atoms with Crippen LogP contribution in [0.2, 0.25) is 0 Å².